The minimum absolute atomic E-state index is 0.163. The van der Waals surface area contributed by atoms with Crippen LogP contribution in [0.5, 0.6) is 0 Å². The number of nitrogens with zero attached hydrogens (tertiary/aromatic N) is 1. The Balaban J connectivity index is 3.45. The van der Waals surface area contributed by atoms with Crippen molar-refractivity contribution >= 4 is 17.6 Å². The monoisotopic (exact) mass is 209 g/mol. The lowest BCUT2D eigenvalue weighted by atomic mass is 10.0. The highest BCUT2D eigenvalue weighted by molar-refractivity contribution is 6.33. The number of carboxylic acids is 1. The van der Waals surface area contributed by atoms with Crippen LogP contribution >= 0.6 is 11.6 Å². The largest absolute Gasteiger partial charge is 0.478 e. The quantitative estimate of drug-likeness (QED) is 0.814. The summed E-state index contributed by atoms with van der Waals surface area (Å²) < 4.78 is 0. The first-order valence-corrected chi connectivity index (χ1v) is 4.44. The van der Waals surface area contributed by atoms with Gasteiger partial charge in [-0.05, 0) is 24.1 Å². The third-order valence-corrected chi connectivity index (χ3v) is 2.38. The van der Waals surface area contributed by atoms with E-state index in [4.69, 9.17) is 22.0 Å². The van der Waals surface area contributed by atoms with Crippen molar-refractivity contribution in [1.29, 1.82) is 5.26 Å². The fourth-order valence-corrected chi connectivity index (χ4v) is 1.59. The first-order chi connectivity index (χ1) is 6.61. The van der Waals surface area contributed by atoms with Gasteiger partial charge in [-0.3, -0.25) is 0 Å². The molecule has 0 bridgehead atoms. The summed E-state index contributed by atoms with van der Waals surface area (Å²) in [5, 5.41) is 17.8. The van der Waals surface area contributed by atoms with Gasteiger partial charge in [0.15, 0.2) is 0 Å². The van der Waals surface area contributed by atoms with E-state index in [1.807, 2.05) is 6.07 Å². The van der Waals surface area contributed by atoms with Crippen molar-refractivity contribution in [3.8, 4) is 6.07 Å². The summed E-state index contributed by atoms with van der Waals surface area (Å²) in [5.74, 6) is -1.02. The van der Waals surface area contributed by atoms with E-state index in [9.17, 15) is 4.79 Å². The molecule has 0 saturated carbocycles. The topological polar surface area (TPSA) is 61.1 Å². The lowest BCUT2D eigenvalue weighted by Crippen LogP contribution is -2.03. The Morgan fingerprint density at radius 3 is 2.71 bits per heavy atom. The fraction of sp³-hybridized carbons (Fsp3) is 0.200. The molecule has 0 aromatic heterocycles. The van der Waals surface area contributed by atoms with Crippen molar-refractivity contribution in [2.75, 3.05) is 0 Å². The molecule has 1 N–H and O–H groups in total. The van der Waals surface area contributed by atoms with Gasteiger partial charge in [0.25, 0.3) is 0 Å². The molecule has 0 radical (unpaired) electrons. The third-order valence-electron chi connectivity index (χ3n) is 1.95. The zero-order valence-electron chi connectivity index (χ0n) is 7.54. The van der Waals surface area contributed by atoms with Gasteiger partial charge >= 0.3 is 5.97 Å². The lowest BCUT2D eigenvalue weighted by molar-refractivity contribution is 0.0695. The van der Waals surface area contributed by atoms with Crippen LogP contribution in [0, 0.1) is 11.3 Å². The van der Waals surface area contributed by atoms with Crippen LogP contribution in [0.25, 0.3) is 0 Å². The van der Waals surface area contributed by atoms with Gasteiger partial charge in [0, 0.05) is 0 Å². The molecule has 0 aliphatic carbocycles. The molecule has 72 valence electrons. The molecular weight excluding hydrogens is 202 g/mol. The molecule has 0 aliphatic heterocycles. The molecule has 1 aromatic carbocycles. The Bertz CT molecular complexity index is 421. The van der Waals surface area contributed by atoms with E-state index in [1.165, 1.54) is 12.1 Å². The van der Waals surface area contributed by atoms with Crippen molar-refractivity contribution in [3.63, 3.8) is 0 Å². The van der Waals surface area contributed by atoms with Crippen molar-refractivity contribution in [2.24, 2.45) is 0 Å². The highest BCUT2D eigenvalue weighted by Crippen LogP contribution is 2.24. The average Bonchev–Trinajstić information content (AvgIpc) is 2.17. The average molecular weight is 210 g/mol. The molecule has 1 rings (SSSR count). The minimum atomic E-state index is -1.02. The molecule has 0 unspecified atom stereocenters. The van der Waals surface area contributed by atoms with E-state index in [1.54, 1.807) is 6.92 Å². The maximum atomic E-state index is 10.8. The molecule has 0 saturated heterocycles. The summed E-state index contributed by atoms with van der Waals surface area (Å²) in [6.45, 7) is 1.80. The predicted molar refractivity (Wildman–Crippen MR) is 52.5 cm³/mol. The van der Waals surface area contributed by atoms with E-state index in [2.05, 4.69) is 0 Å². The zero-order chi connectivity index (χ0) is 10.7. The number of carbonyl (C=O) groups is 1. The molecule has 4 heteroatoms. The first-order valence-electron chi connectivity index (χ1n) is 4.06. The first kappa shape index (κ1) is 10.6. The molecule has 0 aliphatic rings. The van der Waals surface area contributed by atoms with Gasteiger partial charge in [0.1, 0.15) is 6.07 Å². The van der Waals surface area contributed by atoms with Gasteiger partial charge in [-0.25, -0.2) is 4.79 Å². The van der Waals surface area contributed by atoms with Crippen LogP contribution < -0.4 is 0 Å². The highest BCUT2D eigenvalue weighted by atomic mass is 35.5. The Hall–Kier alpha value is -1.53. The zero-order valence-corrected chi connectivity index (χ0v) is 8.30. The predicted octanol–water partition coefficient (Wildman–Crippen LogP) is 2.47. The second-order valence-electron chi connectivity index (χ2n) is 2.72. The van der Waals surface area contributed by atoms with Crippen molar-refractivity contribution in [1.82, 2.24) is 0 Å². The number of benzene rings is 1. The Kier molecular flexibility index (Phi) is 3.10. The Labute approximate surface area is 86.5 Å². The molecule has 0 amide bonds. The number of rotatable bonds is 2. The van der Waals surface area contributed by atoms with Crippen LogP contribution in [-0.4, -0.2) is 11.1 Å². The molecular formula is C10H8ClNO2. The number of hydrogen-bond acceptors (Lipinski definition) is 2. The van der Waals surface area contributed by atoms with E-state index in [0.29, 0.717) is 17.5 Å². The van der Waals surface area contributed by atoms with Crippen LogP contribution in [0.1, 0.15) is 28.4 Å². The van der Waals surface area contributed by atoms with Crippen molar-refractivity contribution in [3.05, 3.63) is 33.8 Å². The normalized spacial score (nSPS) is 9.50. The molecule has 3 nitrogen and oxygen atoms in total. The van der Waals surface area contributed by atoms with E-state index < -0.39 is 5.97 Å². The second kappa shape index (κ2) is 4.12. The van der Waals surface area contributed by atoms with E-state index >= 15 is 0 Å². The van der Waals surface area contributed by atoms with Crippen LogP contribution in [0.4, 0.5) is 0 Å². The molecule has 0 heterocycles. The van der Waals surface area contributed by atoms with E-state index in [-0.39, 0.29) is 10.6 Å². The van der Waals surface area contributed by atoms with Crippen LogP contribution in [0.2, 0.25) is 5.02 Å². The van der Waals surface area contributed by atoms with Crippen molar-refractivity contribution in [2.45, 2.75) is 13.3 Å². The summed E-state index contributed by atoms with van der Waals surface area (Å²) in [6.07, 6.45) is 0.496. The van der Waals surface area contributed by atoms with Gasteiger partial charge in [0.2, 0.25) is 0 Å². The van der Waals surface area contributed by atoms with Gasteiger partial charge < -0.3 is 5.11 Å². The van der Waals surface area contributed by atoms with Gasteiger partial charge in [-0.1, -0.05) is 18.5 Å². The number of carboxylic acid groups (broad SMARTS) is 1. The second-order valence-corrected chi connectivity index (χ2v) is 3.10. The smallest absolute Gasteiger partial charge is 0.336 e. The maximum absolute atomic E-state index is 10.8. The number of halogens is 1. The summed E-state index contributed by atoms with van der Waals surface area (Å²) in [4.78, 5) is 10.8. The lowest BCUT2D eigenvalue weighted by Gasteiger charge is -2.06. The van der Waals surface area contributed by atoms with Crippen molar-refractivity contribution < 1.29 is 9.90 Å². The Morgan fingerprint density at radius 1 is 1.64 bits per heavy atom. The van der Waals surface area contributed by atoms with Crippen LogP contribution in [0.15, 0.2) is 12.1 Å². The van der Waals surface area contributed by atoms with E-state index in [0.717, 1.165) is 0 Å². The minimum Gasteiger partial charge on any atom is -0.478 e. The summed E-state index contributed by atoms with van der Waals surface area (Å²) in [5.41, 5.74) is 0.989. The summed E-state index contributed by atoms with van der Waals surface area (Å²) in [6, 6.07) is 4.74. The standard InChI is InChI=1S/C10H8ClNO2/c1-2-7-8(10(13)14)4-3-6(5-12)9(7)11/h3-4H,2H2,1H3,(H,13,14). The SMILES string of the molecule is CCc1c(C(=O)O)ccc(C#N)c1Cl. The molecule has 0 spiro atoms. The third kappa shape index (κ3) is 1.70. The molecule has 1 aromatic rings. The van der Waals surface area contributed by atoms with Gasteiger partial charge in [-0.15, -0.1) is 0 Å². The molecule has 0 fully saturated rings. The fourth-order valence-electron chi connectivity index (χ4n) is 1.25. The van der Waals surface area contributed by atoms with Crippen LogP contribution in [-0.2, 0) is 6.42 Å². The maximum Gasteiger partial charge on any atom is 0.336 e. The van der Waals surface area contributed by atoms with Gasteiger partial charge in [-0.2, -0.15) is 5.26 Å². The van der Waals surface area contributed by atoms with Crippen LogP contribution in [0.3, 0.4) is 0 Å². The Morgan fingerprint density at radius 2 is 2.29 bits per heavy atom. The number of nitriles is 1. The molecule has 14 heavy (non-hydrogen) atoms. The number of aromatic carboxylic acids is 1. The summed E-state index contributed by atoms with van der Waals surface area (Å²) in [7, 11) is 0. The van der Waals surface area contributed by atoms with Gasteiger partial charge in [0.05, 0.1) is 16.1 Å². The summed E-state index contributed by atoms with van der Waals surface area (Å²) >= 11 is 5.87. The molecule has 0 atom stereocenters. The highest BCUT2D eigenvalue weighted by Gasteiger charge is 2.14. The number of hydrogen-bond donors (Lipinski definition) is 1.